The minimum absolute atomic E-state index is 0.566. The molecule has 0 radical (unpaired) electrons. The lowest BCUT2D eigenvalue weighted by molar-refractivity contribution is 0.318. The summed E-state index contributed by atoms with van der Waals surface area (Å²) in [6, 6.07) is 7.40. The van der Waals surface area contributed by atoms with Crippen LogP contribution >= 0.6 is 0 Å². The Bertz CT molecular complexity index is 483. The number of nitrogens with zero attached hydrogens (tertiary/aromatic N) is 1. The number of anilines is 2. The Kier molecular flexibility index (Phi) is 4.06. The Morgan fingerprint density at radius 2 is 2.28 bits per heavy atom. The third-order valence-corrected chi connectivity index (χ3v) is 2.36. The van der Waals surface area contributed by atoms with Crippen LogP contribution in [0.25, 0.3) is 0 Å². The second-order valence-corrected chi connectivity index (χ2v) is 3.97. The van der Waals surface area contributed by atoms with Gasteiger partial charge in [-0.2, -0.15) is 0 Å². The Labute approximate surface area is 106 Å². The Balaban J connectivity index is 2.00. The molecule has 1 aromatic carbocycles. The molecule has 18 heavy (non-hydrogen) atoms. The Morgan fingerprint density at radius 1 is 1.39 bits per heavy atom. The predicted molar refractivity (Wildman–Crippen MR) is 70.5 cm³/mol. The van der Waals surface area contributed by atoms with E-state index in [0.29, 0.717) is 18.8 Å². The van der Waals surface area contributed by atoms with E-state index in [2.05, 4.69) is 17.4 Å². The van der Waals surface area contributed by atoms with Gasteiger partial charge < -0.3 is 20.3 Å². The monoisotopic (exact) mass is 247 g/mol. The van der Waals surface area contributed by atoms with Gasteiger partial charge in [0.2, 0.25) is 0 Å². The van der Waals surface area contributed by atoms with Gasteiger partial charge >= 0.3 is 0 Å². The standard InChI is InChI=1S/C13H17N3O2/c1-2-5-17-13-7-10(14)6-11(8-13)15-9-12-3-4-16-18-12/h3-4,6-8,15H,2,5,9,14H2,1H3. The fraction of sp³-hybridized carbons (Fsp3) is 0.308. The molecule has 1 aromatic heterocycles. The zero-order valence-corrected chi connectivity index (χ0v) is 10.3. The highest BCUT2D eigenvalue weighted by molar-refractivity contribution is 5.59. The van der Waals surface area contributed by atoms with Gasteiger partial charge in [0, 0.05) is 29.6 Å². The molecule has 0 amide bonds. The van der Waals surface area contributed by atoms with Crippen LogP contribution in [-0.2, 0) is 6.54 Å². The Hall–Kier alpha value is -2.17. The number of ether oxygens (including phenoxy) is 1. The van der Waals surface area contributed by atoms with Crippen LogP contribution in [-0.4, -0.2) is 11.8 Å². The molecule has 0 saturated carbocycles. The van der Waals surface area contributed by atoms with Crippen molar-refractivity contribution >= 4 is 11.4 Å². The lowest BCUT2D eigenvalue weighted by Crippen LogP contribution is -2.01. The fourth-order valence-electron chi connectivity index (χ4n) is 1.55. The summed E-state index contributed by atoms with van der Waals surface area (Å²) < 4.78 is 10.6. The van der Waals surface area contributed by atoms with Gasteiger partial charge in [-0.3, -0.25) is 0 Å². The van der Waals surface area contributed by atoms with E-state index in [1.165, 1.54) is 0 Å². The minimum Gasteiger partial charge on any atom is -0.493 e. The fourth-order valence-corrected chi connectivity index (χ4v) is 1.55. The summed E-state index contributed by atoms with van der Waals surface area (Å²) in [6.45, 7) is 3.32. The van der Waals surface area contributed by atoms with Gasteiger partial charge in [-0.05, 0) is 12.5 Å². The van der Waals surface area contributed by atoms with Crippen molar-refractivity contribution in [2.75, 3.05) is 17.7 Å². The maximum atomic E-state index is 5.82. The van der Waals surface area contributed by atoms with E-state index >= 15 is 0 Å². The van der Waals surface area contributed by atoms with Crippen LogP contribution in [0.15, 0.2) is 35.0 Å². The van der Waals surface area contributed by atoms with E-state index in [9.17, 15) is 0 Å². The smallest absolute Gasteiger partial charge is 0.155 e. The quantitative estimate of drug-likeness (QED) is 0.768. The molecule has 3 N–H and O–H groups in total. The molecule has 0 saturated heterocycles. The number of nitrogen functional groups attached to an aromatic ring is 1. The Morgan fingerprint density at radius 3 is 3.00 bits per heavy atom. The zero-order chi connectivity index (χ0) is 12.8. The number of aromatic nitrogens is 1. The van der Waals surface area contributed by atoms with E-state index in [1.54, 1.807) is 6.20 Å². The van der Waals surface area contributed by atoms with E-state index in [1.807, 2.05) is 24.3 Å². The third kappa shape index (κ3) is 3.41. The summed E-state index contributed by atoms with van der Waals surface area (Å²) in [7, 11) is 0. The molecule has 0 aliphatic heterocycles. The van der Waals surface area contributed by atoms with Crippen LogP contribution in [0.5, 0.6) is 5.75 Å². The minimum atomic E-state index is 0.566. The highest BCUT2D eigenvalue weighted by Gasteiger charge is 2.01. The van der Waals surface area contributed by atoms with Gasteiger partial charge in [-0.25, -0.2) is 0 Å². The predicted octanol–water partition coefficient (Wildman–Crippen LogP) is 2.66. The van der Waals surface area contributed by atoms with Crippen LogP contribution in [0.2, 0.25) is 0 Å². The van der Waals surface area contributed by atoms with Crippen molar-refractivity contribution in [1.29, 1.82) is 0 Å². The molecule has 2 aromatic rings. The first-order valence-electron chi connectivity index (χ1n) is 5.94. The number of benzene rings is 1. The van der Waals surface area contributed by atoms with Gasteiger partial charge in [-0.15, -0.1) is 0 Å². The molecule has 5 heteroatoms. The first-order chi connectivity index (χ1) is 8.78. The van der Waals surface area contributed by atoms with E-state index in [0.717, 1.165) is 23.6 Å². The molecular formula is C13H17N3O2. The summed E-state index contributed by atoms with van der Waals surface area (Å²) in [5.74, 6) is 1.55. The molecule has 0 fully saturated rings. The van der Waals surface area contributed by atoms with Crippen molar-refractivity contribution < 1.29 is 9.26 Å². The molecule has 0 aliphatic rings. The van der Waals surface area contributed by atoms with Crippen LogP contribution in [0.1, 0.15) is 19.1 Å². The lowest BCUT2D eigenvalue weighted by atomic mass is 10.2. The molecule has 0 spiro atoms. The first kappa shape index (κ1) is 12.3. The molecule has 0 aliphatic carbocycles. The summed E-state index contributed by atoms with van der Waals surface area (Å²) in [5.41, 5.74) is 7.39. The highest BCUT2D eigenvalue weighted by Crippen LogP contribution is 2.23. The normalized spacial score (nSPS) is 10.3. The van der Waals surface area contributed by atoms with Crippen molar-refractivity contribution in [1.82, 2.24) is 5.16 Å². The number of rotatable bonds is 6. The van der Waals surface area contributed by atoms with Crippen LogP contribution in [0.4, 0.5) is 11.4 Å². The van der Waals surface area contributed by atoms with Gasteiger partial charge in [0.1, 0.15) is 5.75 Å². The van der Waals surface area contributed by atoms with Crippen molar-refractivity contribution in [2.45, 2.75) is 19.9 Å². The number of nitrogens with two attached hydrogens (primary N) is 1. The van der Waals surface area contributed by atoms with E-state index in [-0.39, 0.29) is 0 Å². The van der Waals surface area contributed by atoms with E-state index < -0.39 is 0 Å². The summed E-state index contributed by atoms with van der Waals surface area (Å²) in [6.07, 6.45) is 2.59. The van der Waals surface area contributed by atoms with Crippen molar-refractivity contribution in [2.24, 2.45) is 0 Å². The summed E-state index contributed by atoms with van der Waals surface area (Å²) >= 11 is 0. The maximum absolute atomic E-state index is 5.82. The second-order valence-electron chi connectivity index (χ2n) is 3.97. The van der Waals surface area contributed by atoms with Gasteiger partial charge in [0.25, 0.3) is 0 Å². The van der Waals surface area contributed by atoms with Crippen LogP contribution in [0.3, 0.4) is 0 Å². The third-order valence-electron chi connectivity index (χ3n) is 2.36. The topological polar surface area (TPSA) is 73.3 Å². The SMILES string of the molecule is CCCOc1cc(N)cc(NCc2ccno2)c1. The summed E-state index contributed by atoms with van der Waals surface area (Å²) in [4.78, 5) is 0. The molecule has 0 unspecified atom stereocenters. The van der Waals surface area contributed by atoms with Gasteiger partial charge in [-0.1, -0.05) is 12.1 Å². The molecule has 0 bridgehead atoms. The average molecular weight is 247 g/mol. The van der Waals surface area contributed by atoms with Gasteiger partial charge in [0.15, 0.2) is 5.76 Å². The van der Waals surface area contributed by atoms with E-state index in [4.69, 9.17) is 15.0 Å². The van der Waals surface area contributed by atoms with Crippen molar-refractivity contribution in [3.05, 3.63) is 36.2 Å². The lowest BCUT2D eigenvalue weighted by Gasteiger charge is -2.10. The largest absolute Gasteiger partial charge is 0.493 e. The van der Waals surface area contributed by atoms with Gasteiger partial charge in [0.05, 0.1) is 19.3 Å². The zero-order valence-electron chi connectivity index (χ0n) is 10.3. The highest BCUT2D eigenvalue weighted by atomic mass is 16.5. The molecule has 1 heterocycles. The molecular weight excluding hydrogens is 230 g/mol. The van der Waals surface area contributed by atoms with Crippen molar-refractivity contribution in [3.63, 3.8) is 0 Å². The number of hydrogen-bond donors (Lipinski definition) is 2. The number of hydrogen-bond acceptors (Lipinski definition) is 5. The summed E-state index contributed by atoms with van der Waals surface area (Å²) in [5, 5.41) is 6.86. The average Bonchev–Trinajstić information content (AvgIpc) is 2.86. The molecule has 2 rings (SSSR count). The van der Waals surface area contributed by atoms with Crippen molar-refractivity contribution in [3.8, 4) is 5.75 Å². The molecule has 5 nitrogen and oxygen atoms in total. The van der Waals surface area contributed by atoms with Crippen LogP contribution in [0, 0.1) is 0 Å². The second kappa shape index (κ2) is 5.95. The molecule has 96 valence electrons. The first-order valence-corrected chi connectivity index (χ1v) is 5.94. The molecule has 0 atom stereocenters. The maximum Gasteiger partial charge on any atom is 0.155 e. The van der Waals surface area contributed by atoms with Crippen LogP contribution < -0.4 is 15.8 Å². The number of nitrogens with one attached hydrogen (secondary N) is 1.